The van der Waals surface area contributed by atoms with E-state index in [2.05, 4.69) is 10.1 Å². The standard InChI is InChI=1S/C23H17F3N4O/c1-13-10-15-4-2-3-5-19(15)29(13)23(31)17-12-27-30-20(21(25)26)11-18(28-22(17)30)14-6-8-16(24)9-7-14/h2-9,11-13,21H,10H2,1H3/t13-/m0/s1. The first-order chi connectivity index (χ1) is 14.9. The number of nitrogens with zero attached hydrogens (tertiary/aromatic N) is 4. The van der Waals surface area contributed by atoms with Gasteiger partial charge in [-0.25, -0.2) is 22.7 Å². The second-order valence-electron chi connectivity index (χ2n) is 7.52. The average molecular weight is 422 g/mol. The predicted octanol–water partition coefficient (Wildman–Crippen LogP) is 5.06. The van der Waals surface area contributed by atoms with Crippen molar-refractivity contribution >= 4 is 17.2 Å². The van der Waals surface area contributed by atoms with E-state index >= 15 is 0 Å². The third-order valence-electron chi connectivity index (χ3n) is 5.52. The van der Waals surface area contributed by atoms with Crippen LogP contribution in [0.4, 0.5) is 18.9 Å². The fourth-order valence-electron chi connectivity index (χ4n) is 4.07. The fourth-order valence-corrected chi connectivity index (χ4v) is 4.07. The molecule has 1 aliphatic heterocycles. The van der Waals surface area contributed by atoms with Crippen molar-refractivity contribution in [1.29, 1.82) is 0 Å². The van der Waals surface area contributed by atoms with Crippen LogP contribution in [0.3, 0.4) is 0 Å². The van der Waals surface area contributed by atoms with Crippen molar-refractivity contribution in [3.05, 3.63) is 83.4 Å². The molecule has 0 radical (unpaired) electrons. The summed E-state index contributed by atoms with van der Waals surface area (Å²) in [6, 6.07) is 14.1. The maximum atomic E-state index is 13.8. The van der Waals surface area contributed by atoms with Gasteiger partial charge in [0.05, 0.1) is 11.9 Å². The van der Waals surface area contributed by atoms with Crippen molar-refractivity contribution in [3.63, 3.8) is 0 Å². The van der Waals surface area contributed by atoms with Crippen molar-refractivity contribution in [2.75, 3.05) is 4.90 Å². The van der Waals surface area contributed by atoms with Crippen molar-refractivity contribution in [1.82, 2.24) is 14.6 Å². The van der Waals surface area contributed by atoms with Gasteiger partial charge in [0.2, 0.25) is 0 Å². The smallest absolute Gasteiger partial charge is 0.280 e. The highest BCUT2D eigenvalue weighted by Crippen LogP contribution is 2.34. The SMILES string of the molecule is C[C@H]1Cc2ccccc2N1C(=O)c1cnn2c(C(F)F)cc(-c3ccc(F)cc3)nc12. The van der Waals surface area contributed by atoms with Crippen LogP contribution in [0.15, 0.2) is 60.8 Å². The molecule has 0 saturated heterocycles. The van der Waals surface area contributed by atoms with Gasteiger partial charge in [0.15, 0.2) is 5.65 Å². The summed E-state index contributed by atoms with van der Waals surface area (Å²) in [7, 11) is 0. The van der Waals surface area contributed by atoms with Gasteiger partial charge in [-0.2, -0.15) is 5.10 Å². The number of hydrogen-bond acceptors (Lipinski definition) is 3. The number of anilines is 1. The Morgan fingerprint density at radius 3 is 2.61 bits per heavy atom. The quantitative estimate of drug-likeness (QED) is 0.464. The number of halogens is 3. The lowest BCUT2D eigenvalue weighted by Gasteiger charge is -2.22. The number of amides is 1. The summed E-state index contributed by atoms with van der Waals surface area (Å²) in [5.41, 5.74) is 2.31. The Balaban J connectivity index is 1.66. The molecule has 0 saturated carbocycles. The van der Waals surface area contributed by atoms with E-state index in [4.69, 9.17) is 0 Å². The number of carbonyl (C=O) groups is 1. The molecule has 31 heavy (non-hydrogen) atoms. The molecule has 156 valence electrons. The second kappa shape index (κ2) is 7.23. The van der Waals surface area contributed by atoms with E-state index in [1.165, 1.54) is 36.5 Å². The molecule has 5 rings (SSSR count). The van der Waals surface area contributed by atoms with E-state index in [0.29, 0.717) is 12.0 Å². The van der Waals surface area contributed by atoms with Crippen molar-refractivity contribution < 1.29 is 18.0 Å². The highest BCUT2D eigenvalue weighted by molar-refractivity contribution is 6.11. The van der Waals surface area contributed by atoms with E-state index in [0.717, 1.165) is 15.8 Å². The highest BCUT2D eigenvalue weighted by Gasteiger charge is 2.33. The zero-order chi connectivity index (χ0) is 21.7. The molecular formula is C23H17F3N4O. The van der Waals surface area contributed by atoms with E-state index in [1.807, 2.05) is 31.2 Å². The molecule has 0 fully saturated rings. The molecule has 0 aliphatic carbocycles. The summed E-state index contributed by atoms with van der Waals surface area (Å²) >= 11 is 0. The number of benzene rings is 2. The molecule has 1 amide bonds. The van der Waals surface area contributed by atoms with E-state index in [1.54, 1.807) is 4.90 Å². The molecular weight excluding hydrogens is 405 g/mol. The number of aromatic nitrogens is 3. The normalized spacial score (nSPS) is 15.6. The topological polar surface area (TPSA) is 50.5 Å². The Hall–Kier alpha value is -3.68. The van der Waals surface area contributed by atoms with Gasteiger partial charge in [-0.05, 0) is 55.3 Å². The van der Waals surface area contributed by atoms with Crippen LogP contribution in [0, 0.1) is 5.82 Å². The minimum atomic E-state index is -2.83. The van der Waals surface area contributed by atoms with Gasteiger partial charge in [0.1, 0.15) is 17.1 Å². The monoisotopic (exact) mass is 422 g/mol. The Labute approximate surface area is 175 Å². The van der Waals surface area contributed by atoms with E-state index < -0.39 is 17.9 Å². The zero-order valence-electron chi connectivity index (χ0n) is 16.5. The third-order valence-corrected chi connectivity index (χ3v) is 5.52. The molecule has 4 aromatic rings. The van der Waals surface area contributed by atoms with Gasteiger partial charge < -0.3 is 4.90 Å². The van der Waals surface area contributed by atoms with Gasteiger partial charge in [-0.1, -0.05) is 18.2 Å². The van der Waals surface area contributed by atoms with Crippen LogP contribution in [0.2, 0.25) is 0 Å². The van der Waals surface area contributed by atoms with Gasteiger partial charge in [-0.3, -0.25) is 4.79 Å². The maximum absolute atomic E-state index is 13.8. The Morgan fingerprint density at radius 2 is 1.87 bits per heavy atom. The lowest BCUT2D eigenvalue weighted by atomic mass is 10.1. The van der Waals surface area contributed by atoms with Gasteiger partial charge in [0.25, 0.3) is 12.3 Å². The molecule has 3 heterocycles. The van der Waals surface area contributed by atoms with Crippen LogP contribution in [0.25, 0.3) is 16.9 Å². The Morgan fingerprint density at radius 1 is 1.13 bits per heavy atom. The Bertz CT molecular complexity index is 1300. The molecule has 5 nitrogen and oxygen atoms in total. The first-order valence-electron chi connectivity index (χ1n) is 9.78. The lowest BCUT2D eigenvalue weighted by molar-refractivity contribution is 0.0982. The minimum Gasteiger partial charge on any atom is -0.305 e. The second-order valence-corrected chi connectivity index (χ2v) is 7.52. The van der Waals surface area contributed by atoms with Crippen LogP contribution in [-0.2, 0) is 6.42 Å². The van der Waals surface area contributed by atoms with Crippen LogP contribution >= 0.6 is 0 Å². The number of alkyl halides is 2. The third kappa shape index (κ3) is 3.15. The fraction of sp³-hybridized carbons (Fsp3) is 0.174. The molecule has 0 spiro atoms. The molecule has 1 aliphatic rings. The minimum absolute atomic E-state index is 0.0405. The van der Waals surface area contributed by atoms with Crippen LogP contribution < -0.4 is 4.90 Å². The molecule has 0 bridgehead atoms. The average Bonchev–Trinajstić information content (AvgIpc) is 3.33. The molecule has 8 heteroatoms. The molecule has 2 aromatic heterocycles. The van der Waals surface area contributed by atoms with Crippen molar-refractivity contribution in [2.24, 2.45) is 0 Å². The lowest BCUT2D eigenvalue weighted by Crippen LogP contribution is -2.35. The van der Waals surface area contributed by atoms with Gasteiger partial charge in [-0.15, -0.1) is 0 Å². The van der Waals surface area contributed by atoms with Crippen LogP contribution in [0.5, 0.6) is 0 Å². The molecule has 2 aromatic carbocycles. The number of fused-ring (bicyclic) bond motifs is 2. The largest absolute Gasteiger partial charge is 0.305 e. The number of rotatable bonds is 3. The molecule has 0 unspecified atom stereocenters. The van der Waals surface area contributed by atoms with Crippen LogP contribution in [0.1, 0.15) is 35.0 Å². The first kappa shape index (κ1) is 19.3. The molecule has 0 N–H and O–H groups in total. The summed E-state index contributed by atoms with van der Waals surface area (Å²) < 4.78 is 41.9. The highest BCUT2D eigenvalue weighted by atomic mass is 19.3. The predicted molar refractivity (Wildman–Crippen MR) is 110 cm³/mol. The van der Waals surface area contributed by atoms with E-state index in [9.17, 15) is 18.0 Å². The first-order valence-corrected chi connectivity index (χ1v) is 9.78. The molecule has 1 atom stereocenters. The van der Waals surface area contributed by atoms with Gasteiger partial charge >= 0.3 is 0 Å². The summed E-state index contributed by atoms with van der Waals surface area (Å²) in [4.78, 5) is 19.6. The van der Waals surface area contributed by atoms with Crippen molar-refractivity contribution in [2.45, 2.75) is 25.8 Å². The maximum Gasteiger partial charge on any atom is 0.280 e. The number of para-hydroxylation sites is 1. The van der Waals surface area contributed by atoms with Crippen molar-refractivity contribution in [3.8, 4) is 11.3 Å². The van der Waals surface area contributed by atoms with Crippen LogP contribution in [-0.4, -0.2) is 26.5 Å². The summed E-state index contributed by atoms with van der Waals surface area (Å²) in [6.07, 6.45) is -0.852. The summed E-state index contributed by atoms with van der Waals surface area (Å²) in [6.45, 7) is 1.94. The number of carbonyl (C=O) groups excluding carboxylic acids is 1. The summed E-state index contributed by atoms with van der Waals surface area (Å²) in [5, 5.41) is 4.03. The van der Waals surface area contributed by atoms with E-state index in [-0.39, 0.29) is 28.9 Å². The number of hydrogen-bond donors (Lipinski definition) is 0. The zero-order valence-corrected chi connectivity index (χ0v) is 16.5. The summed E-state index contributed by atoms with van der Waals surface area (Å²) in [5.74, 6) is -0.794. The Kier molecular flexibility index (Phi) is 4.50. The van der Waals surface area contributed by atoms with Gasteiger partial charge in [0, 0.05) is 17.3 Å².